The zero-order chi connectivity index (χ0) is 14.4. The normalized spacial score (nSPS) is 24.3. The lowest BCUT2D eigenvalue weighted by atomic mass is 9.94. The molecule has 1 N–H and O–H groups in total. The highest BCUT2D eigenvalue weighted by Crippen LogP contribution is 2.19. The van der Waals surface area contributed by atoms with Crippen LogP contribution in [0.5, 0.6) is 0 Å². The maximum Gasteiger partial charge on any atom is 0.225 e. The molecule has 0 spiro atoms. The second kappa shape index (κ2) is 7.85. The molecule has 0 saturated carbocycles. The van der Waals surface area contributed by atoms with Crippen molar-refractivity contribution in [2.24, 2.45) is 11.8 Å². The number of hydrogen-bond donors (Lipinski definition) is 1. The third kappa shape index (κ3) is 5.11. The molecule has 112 valence electrons. The molecule has 4 heteroatoms. The van der Waals surface area contributed by atoms with Crippen molar-refractivity contribution < 1.29 is 9.53 Å². The number of ether oxygens (including phenoxy) is 1. The zero-order valence-electron chi connectivity index (χ0n) is 13.1. The molecule has 0 aromatic rings. The first-order valence-electron chi connectivity index (χ1n) is 7.47. The van der Waals surface area contributed by atoms with Gasteiger partial charge in [0.2, 0.25) is 5.91 Å². The molecule has 1 aliphatic rings. The van der Waals surface area contributed by atoms with Gasteiger partial charge in [0.25, 0.3) is 0 Å². The number of nitrogens with one attached hydrogen (secondary N) is 1. The molecule has 19 heavy (non-hydrogen) atoms. The smallest absolute Gasteiger partial charge is 0.225 e. The number of carbonyl (C=O) groups excluding carboxylic acids is 1. The summed E-state index contributed by atoms with van der Waals surface area (Å²) in [6.45, 7) is 11.1. The third-order valence-electron chi connectivity index (χ3n) is 3.80. The molecule has 1 saturated heterocycles. The minimum absolute atomic E-state index is 0.232. The van der Waals surface area contributed by atoms with Crippen LogP contribution in [0.3, 0.4) is 0 Å². The summed E-state index contributed by atoms with van der Waals surface area (Å²) < 4.78 is 5.03. The first-order valence-corrected chi connectivity index (χ1v) is 7.47. The fourth-order valence-electron chi connectivity index (χ4n) is 2.78. The van der Waals surface area contributed by atoms with Crippen LogP contribution in [0.4, 0.5) is 0 Å². The third-order valence-corrected chi connectivity index (χ3v) is 3.80. The highest BCUT2D eigenvalue weighted by atomic mass is 16.5. The van der Waals surface area contributed by atoms with E-state index >= 15 is 0 Å². The van der Waals surface area contributed by atoms with Gasteiger partial charge in [0, 0.05) is 32.3 Å². The topological polar surface area (TPSA) is 41.6 Å². The summed E-state index contributed by atoms with van der Waals surface area (Å²) in [5.41, 5.74) is 0. The Hall–Kier alpha value is -0.610. The van der Waals surface area contributed by atoms with Crippen molar-refractivity contribution >= 4 is 5.91 Å². The van der Waals surface area contributed by atoms with Crippen molar-refractivity contribution in [3.8, 4) is 0 Å². The molecular formula is C15H30N2O2. The molecule has 1 heterocycles. The Morgan fingerprint density at radius 3 is 2.58 bits per heavy atom. The highest BCUT2D eigenvalue weighted by molar-refractivity contribution is 5.76. The fraction of sp³-hybridized carbons (Fsp3) is 0.933. The summed E-state index contributed by atoms with van der Waals surface area (Å²) in [6, 6.07) is 0.745. The molecule has 1 fully saturated rings. The standard InChI is InChI=1S/C15H30N2O2/c1-11(2)8-13-10-17(15(18)6-7-19-5)14(9-16-13)12(3)4/h11-14,16H,6-10H2,1-5H3. The predicted octanol–water partition coefficient (Wildman–Crippen LogP) is 1.89. The molecule has 2 unspecified atom stereocenters. The number of carbonyl (C=O) groups is 1. The fourth-order valence-corrected chi connectivity index (χ4v) is 2.78. The maximum absolute atomic E-state index is 12.3. The molecule has 4 nitrogen and oxygen atoms in total. The molecule has 1 rings (SSSR count). The van der Waals surface area contributed by atoms with E-state index in [0.717, 1.165) is 19.5 Å². The number of nitrogens with zero attached hydrogens (tertiary/aromatic N) is 1. The van der Waals surface area contributed by atoms with Gasteiger partial charge in [0.05, 0.1) is 13.0 Å². The second-order valence-corrected chi connectivity index (χ2v) is 6.33. The minimum atomic E-state index is 0.232. The van der Waals surface area contributed by atoms with Crippen molar-refractivity contribution in [3.05, 3.63) is 0 Å². The molecule has 1 aliphatic heterocycles. The lowest BCUT2D eigenvalue weighted by molar-refractivity contribution is -0.137. The number of rotatable bonds is 6. The lowest BCUT2D eigenvalue weighted by Crippen LogP contribution is -2.60. The van der Waals surface area contributed by atoms with Crippen LogP contribution >= 0.6 is 0 Å². The number of amides is 1. The monoisotopic (exact) mass is 270 g/mol. The average molecular weight is 270 g/mol. The molecule has 1 amide bonds. The minimum Gasteiger partial charge on any atom is -0.384 e. The molecule has 0 aromatic heterocycles. The van der Waals surface area contributed by atoms with E-state index in [1.165, 1.54) is 0 Å². The Balaban J connectivity index is 2.64. The van der Waals surface area contributed by atoms with Gasteiger partial charge in [0.1, 0.15) is 0 Å². The lowest BCUT2D eigenvalue weighted by Gasteiger charge is -2.43. The van der Waals surface area contributed by atoms with E-state index in [0.29, 0.717) is 36.9 Å². The van der Waals surface area contributed by atoms with Crippen molar-refractivity contribution in [3.63, 3.8) is 0 Å². The van der Waals surface area contributed by atoms with Gasteiger partial charge in [-0.05, 0) is 18.3 Å². The van der Waals surface area contributed by atoms with E-state index in [4.69, 9.17) is 4.74 Å². The van der Waals surface area contributed by atoms with E-state index in [-0.39, 0.29) is 5.91 Å². The van der Waals surface area contributed by atoms with Crippen LogP contribution in [0.2, 0.25) is 0 Å². The van der Waals surface area contributed by atoms with E-state index in [2.05, 4.69) is 37.9 Å². The average Bonchev–Trinajstić information content (AvgIpc) is 2.34. The van der Waals surface area contributed by atoms with Crippen LogP contribution in [0.25, 0.3) is 0 Å². The zero-order valence-corrected chi connectivity index (χ0v) is 13.1. The Morgan fingerprint density at radius 1 is 1.37 bits per heavy atom. The first kappa shape index (κ1) is 16.4. The number of methoxy groups -OCH3 is 1. The van der Waals surface area contributed by atoms with Crippen molar-refractivity contribution in [1.82, 2.24) is 10.2 Å². The van der Waals surface area contributed by atoms with Crippen LogP contribution in [-0.4, -0.2) is 49.7 Å². The Bertz CT molecular complexity index is 279. The van der Waals surface area contributed by atoms with Gasteiger partial charge < -0.3 is 15.0 Å². The van der Waals surface area contributed by atoms with Crippen molar-refractivity contribution in [2.75, 3.05) is 26.8 Å². The molecule has 0 bridgehead atoms. The predicted molar refractivity (Wildman–Crippen MR) is 78.1 cm³/mol. The molecule has 0 radical (unpaired) electrons. The van der Waals surface area contributed by atoms with Gasteiger partial charge in [-0.15, -0.1) is 0 Å². The van der Waals surface area contributed by atoms with Crippen LogP contribution in [0, 0.1) is 11.8 Å². The van der Waals surface area contributed by atoms with E-state index in [1.807, 2.05) is 0 Å². The van der Waals surface area contributed by atoms with Crippen molar-refractivity contribution in [2.45, 2.75) is 52.6 Å². The van der Waals surface area contributed by atoms with E-state index in [1.54, 1.807) is 7.11 Å². The van der Waals surface area contributed by atoms with Crippen molar-refractivity contribution in [1.29, 1.82) is 0 Å². The van der Waals surface area contributed by atoms with Gasteiger partial charge in [-0.3, -0.25) is 4.79 Å². The van der Waals surface area contributed by atoms with Crippen LogP contribution in [-0.2, 0) is 9.53 Å². The molecular weight excluding hydrogens is 240 g/mol. The van der Waals surface area contributed by atoms with Gasteiger partial charge in [-0.25, -0.2) is 0 Å². The summed E-state index contributed by atoms with van der Waals surface area (Å²) >= 11 is 0. The van der Waals surface area contributed by atoms with E-state index < -0.39 is 0 Å². The summed E-state index contributed by atoms with van der Waals surface area (Å²) in [5.74, 6) is 1.37. The molecule has 0 aliphatic carbocycles. The largest absolute Gasteiger partial charge is 0.384 e. The van der Waals surface area contributed by atoms with Gasteiger partial charge in [-0.1, -0.05) is 27.7 Å². The summed E-state index contributed by atoms with van der Waals surface area (Å²) in [6.07, 6.45) is 1.62. The second-order valence-electron chi connectivity index (χ2n) is 6.33. The molecule has 0 aromatic carbocycles. The van der Waals surface area contributed by atoms with Gasteiger partial charge >= 0.3 is 0 Å². The SMILES string of the molecule is COCCC(=O)N1CC(CC(C)C)NCC1C(C)C. The summed E-state index contributed by atoms with van der Waals surface area (Å²) in [5, 5.41) is 3.60. The summed E-state index contributed by atoms with van der Waals surface area (Å²) in [4.78, 5) is 14.4. The van der Waals surface area contributed by atoms with Crippen LogP contribution in [0.1, 0.15) is 40.5 Å². The molecule has 2 atom stereocenters. The Labute approximate surface area is 117 Å². The number of hydrogen-bond acceptors (Lipinski definition) is 3. The Kier molecular flexibility index (Phi) is 6.80. The highest BCUT2D eigenvalue weighted by Gasteiger charge is 2.32. The quantitative estimate of drug-likeness (QED) is 0.801. The van der Waals surface area contributed by atoms with E-state index in [9.17, 15) is 4.79 Å². The number of piperazine rings is 1. The maximum atomic E-state index is 12.3. The first-order chi connectivity index (χ1) is 8.95. The van der Waals surface area contributed by atoms with Crippen LogP contribution in [0.15, 0.2) is 0 Å². The van der Waals surface area contributed by atoms with Gasteiger partial charge in [-0.2, -0.15) is 0 Å². The Morgan fingerprint density at radius 2 is 2.05 bits per heavy atom. The summed E-state index contributed by atoms with van der Waals surface area (Å²) in [7, 11) is 1.65. The van der Waals surface area contributed by atoms with Crippen LogP contribution < -0.4 is 5.32 Å². The van der Waals surface area contributed by atoms with Gasteiger partial charge in [0.15, 0.2) is 0 Å².